The van der Waals surface area contributed by atoms with Gasteiger partial charge in [0.2, 0.25) is 0 Å². The zero-order valence-corrected chi connectivity index (χ0v) is 12.9. The smallest absolute Gasteiger partial charge is 0.263 e. The molecule has 0 bridgehead atoms. The Kier molecular flexibility index (Phi) is 4.35. The van der Waals surface area contributed by atoms with Crippen molar-refractivity contribution >= 4 is 44.5 Å². The molecule has 0 aliphatic heterocycles. The van der Waals surface area contributed by atoms with Crippen LogP contribution in [0.1, 0.15) is 23.0 Å². The first-order valence-corrected chi connectivity index (χ1v) is 7.35. The van der Waals surface area contributed by atoms with E-state index in [0.29, 0.717) is 16.3 Å². The predicted molar refractivity (Wildman–Crippen MR) is 84.7 cm³/mol. The van der Waals surface area contributed by atoms with E-state index in [1.165, 1.54) is 23.5 Å². The van der Waals surface area contributed by atoms with Crippen LogP contribution in [0.4, 0.5) is 4.39 Å². The molecular formula is C14H15FN2OS2. The highest BCUT2D eigenvalue weighted by Crippen LogP contribution is 2.27. The molecule has 0 aliphatic rings. The average Bonchev–Trinajstić information content (AvgIpc) is 2.78. The van der Waals surface area contributed by atoms with Crippen LogP contribution in [0, 0.1) is 5.82 Å². The number of thiophene rings is 1. The van der Waals surface area contributed by atoms with Crippen molar-refractivity contribution in [2.45, 2.75) is 19.4 Å². The Bertz CT molecular complexity index is 668. The van der Waals surface area contributed by atoms with Crippen LogP contribution >= 0.6 is 23.6 Å². The maximum absolute atomic E-state index is 13.2. The minimum Gasteiger partial charge on any atom is -0.393 e. The van der Waals surface area contributed by atoms with Gasteiger partial charge in [-0.3, -0.25) is 4.79 Å². The largest absolute Gasteiger partial charge is 0.393 e. The minimum atomic E-state index is -0.298. The first kappa shape index (κ1) is 14.9. The van der Waals surface area contributed by atoms with E-state index >= 15 is 0 Å². The molecule has 0 saturated carbocycles. The zero-order valence-electron chi connectivity index (χ0n) is 11.2. The summed E-state index contributed by atoms with van der Waals surface area (Å²) in [6.07, 6.45) is 0.483. The summed E-state index contributed by atoms with van der Waals surface area (Å²) < 4.78 is 13.9. The Labute approximate surface area is 126 Å². The molecule has 0 saturated heterocycles. The Morgan fingerprint density at radius 2 is 2.20 bits per heavy atom. The Balaban J connectivity index is 2.24. The second-order valence-corrected chi connectivity index (χ2v) is 6.34. The maximum atomic E-state index is 13.2. The molecule has 0 fully saturated rings. The number of thiocarbonyl (C=S) groups is 1. The molecule has 0 aliphatic carbocycles. The fourth-order valence-corrected chi connectivity index (χ4v) is 3.22. The van der Waals surface area contributed by atoms with Gasteiger partial charge in [-0.2, -0.15) is 0 Å². The highest BCUT2D eigenvalue weighted by Gasteiger charge is 2.20. The number of benzene rings is 1. The molecule has 2 rings (SSSR count). The molecule has 0 spiro atoms. The number of halogens is 1. The van der Waals surface area contributed by atoms with E-state index in [1.54, 1.807) is 24.1 Å². The third-order valence-electron chi connectivity index (χ3n) is 3.17. The SMILES string of the molecule is CC(CC(N)=S)N(C)C(=O)c1cc2ccc(F)cc2s1. The number of amides is 1. The van der Waals surface area contributed by atoms with E-state index in [-0.39, 0.29) is 17.8 Å². The number of hydrogen-bond acceptors (Lipinski definition) is 3. The molecule has 1 heterocycles. The van der Waals surface area contributed by atoms with Crippen LogP contribution in [0.15, 0.2) is 24.3 Å². The summed E-state index contributed by atoms with van der Waals surface area (Å²) >= 11 is 6.15. The third kappa shape index (κ3) is 3.13. The lowest BCUT2D eigenvalue weighted by molar-refractivity contribution is 0.0753. The standard InChI is InChI=1S/C14H15FN2OS2/c1-8(5-13(16)19)17(2)14(18)12-6-9-3-4-10(15)7-11(9)20-12/h3-4,6-8H,5H2,1-2H3,(H2,16,19). The van der Waals surface area contributed by atoms with Gasteiger partial charge in [0.05, 0.1) is 9.87 Å². The maximum Gasteiger partial charge on any atom is 0.263 e. The van der Waals surface area contributed by atoms with Crippen LogP contribution in [0.3, 0.4) is 0 Å². The number of hydrogen-bond donors (Lipinski definition) is 1. The van der Waals surface area contributed by atoms with Crippen molar-refractivity contribution in [2.24, 2.45) is 5.73 Å². The summed E-state index contributed by atoms with van der Waals surface area (Å²) in [5, 5.41) is 0.871. The molecule has 2 aromatic rings. The highest BCUT2D eigenvalue weighted by molar-refractivity contribution is 7.80. The predicted octanol–water partition coefficient (Wildman–Crippen LogP) is 3.18. The zero-order chi connectivity index (χ0) is 14.9. The molecule has 1 aromatic carbocycles. The first-order chi connectivity index (χ1) is 9.38. The summed E-state index contributed by atoms with van der Waals surface area (Å²) in [7, 11) is 1.72. The first-order valence-electron chi connectivity index (χ1n) is 6.13. The van der Waals surface area contributed by atoms with Gasteiger partial charge in [-0.25, -0.2) is 4.39 Å². The van der Waals surface area contributed by atoms with Gasteiger partial charge in [-0.15, -0.1) is 11.3 Å². The summed E-state index contributed by atoms with van der Waals surface area (Å²) in [4.78, 5) is 15.0. The summed E-state index contributed by atoms with van der Waals surface area (Å²) in [6, 6.07) is 6.22. The number of nitrogens with two attached hydrogens (primary N) is 1. The molecule has 6 heteroatoms. The lowest BCUT2D eigenvalue weighted by Gasteiger charge is -2.23. The second-order valence-electron chi connectivity index (χ2n) is 4.73. The van der Waals surface area contributed by atoms with Crippen LogP contribution < -0.4 is 5.73 Å². The van der Waals surface area contributed by atoms with Gasteiger partial charge in [0.1, 0.15) is 5.82 Å². The molecular weight excluding hydrogens is 295 g/mol. The molecule has 3 nitrogen and oxygen atoms in total. The van der Waals surface area contributed by atoms with Crippen molar-refractivity contribution in [3.05, 3.63) is 35.0 Å². The fraction of sp³-hybridized carbons (Fsp3) is 0.286. The number of carbonyl (C=O) groups excluding carboxylic acids is 1. The fourth-order valence-electron chi connectivity index (χ4n) is 1.91. The second kappa shape index (κ2) is 5.85. The quantitative estimate of drug-likeness (QED) is 0.882. The van der Waals surface area contributed by atoms with E-state index in [0.717, 1.165) is 10.1 Å². The normalized spacial score (nSPS) is 12.3. The number of carbonyl (C=O) groups is 1. The third-order valence-corrected chi connectivity index (χ3v) is 4.42. The van der Waals surface area contributed by atoms with Crippen LogP contribution in [0.5, 0.6) is 0 Å². The summed E-state index contributed by atoms with van der Waals surface area (Å²) in [5.41, 5.74) is 5.50. The van der Waals surface area contributed by atoms with Gasteiger partial charge in [-0.05, 0) is 30.5 Å². The van der Waals surface area contributed by atoms with Crippen molar-refractivity contribution in [1.82, 2.24) is 4.90 Å². The number of fused-ring (bicyclic) bond motifs is 1. The molecule has 2 N–H and O–H groups in total. The number of nitrogens with zero attached hydrogens (tertiary/aromatic N) is 1. The van der Waals surface area contributed by atoms with E-state index in [4.69, 9.17) is 18.0 Å². The molecule has 106 valence electrons. The van der Waals surface area contributed by atoms with Crippen LogP contribution in [0.25, 0.3) is 10.1 Å². The van der Waals surface area contributed by atoms with Crippen LogP contribution in [-0.2, 0) is 0 Å². The topological polar surface area (TPSA) is 46.3 Å². The van der Waals surface area contributed by atoms with E-state index < -0.39 is 0 Å². The van der Waals surface area contributed by atoms with Crippen LogP contribution in [-0.4, -0.2) is 28.9 Å². The lowest BCUT2D eigenvalue weighted by Crippen LogP contribution is -2.37. The highest BCUT2D eigenvalue weighted by atomic mass is 32.1. The van der Waals surface area contributed by atoms with Gasteiger partial charge >= 0.3 is 0 Å². The van der Waals surface area contributed by atoms with Crippen molar-refractivity contribution in [3.63, 3.8) is 0 Å². The van der Waals surface area contributed by atoms with Gasteiger partial charge in [-0.1, -0.05) is 18.3 Å². The van der Waals surface area contributed by atoms with Gasteiger partial charge in [0.15, 0.2) is 0 Å². The van der Waals surface area contributed by atoms with Crippen LogP contribution in [0.2, 0.25) is 0 Å². The Morgan fingerprint density at radius 1 is 1.50 bits per heavy atom. The Morgan fingerprint density at radius 3 is 2.85 bits per heavy atom. The molecule has 0 radical (unpaired) electrons. The molecule has 1 unspecified atom stereocenters. The van der Waals surface area contributed by atoms with Gasteiger partial charge in [0.25, 0.3) is 5.91 Å². The lowest BCUT2D eigenvalue weighted by atomic mass is 10.2. The van der Waals surface area contributed by atoms with Gasteiger partial charge < -0.3 is 10.6 Å². The molecule has 1 aromatic heterocycles. The summed E-state index contributed by atoms with van der Waals surface area (Å²) in [5.74, 6) is -0.399. The van der Waals surface area contributed by atoms with Crippen molar-refractivity contribution < 1.29 is 9.18 Å². The van der Waals surface area contributed by atoms with Crippen molar-refractivity contribution in [1.29, 1.82) is 0 Å². The monoisotopic (exact) mass is 310 g/mol. The summed E-state index contributed by atoms with van der Waals surface area (Å²) in [6.45, 7) is 1.89. The van der Waals surface area contributed by atoms with Gasteiger partial charge in [0, 0.05) is 24.2 Å². The molecule has 20 heavy (non-hydrogen) atoms. The Hall–Kier alpha value is -1.53. The van der Waals surface area contributed by atoms with Crippen molar-refractivity contribution in [3.8, 4) is 0 Å². The van der Waals surface area contributed by atoms with E-state index in [1.807, 2.05) is 6.92 Å². The molecule has 1 atom stereocenters. The number of rotatable bonds is 4. The van der Waals surface area contributed by atoms with Crippen molar-refractivity contribution in [2.75, 3.05) is 7.05 Å². The minimum absolute atomic E-state index is 0.0676. The average molecular weight is 310 g/mol. The molecule has 1 amide bonds. The van der Waals surface area contributed by atoms with E-state index in [9.17, 15) is 9.18 Å². The van der Waals surface area contributed by atoms with E-state index in [2.05, 4.69) is 0 Å².